The van der Waals surface area contributed by atoms with Crippen molar-refractivity contribution in [2.45, 2.75) is 24.3 Å². The van der Waals surface area contributed by atoms with E-state index >= 15 is 0 Å². The first kappa shape index (κ1) is 18.5. The zero-order valence-corrected chi connectivity index (χ0v) is 16.8. The molecule has 0 bridgehead atoms. The van der Waals surface area contributed by atoms with Crippen LogP contribution in [-0.2, 0) is 11.3 Å². The van der Waals surface area contributed by atoms with Gasteiger partial charge in [0.2, 0.25) is 5.91 Å². The first-order valence-corrected chi connectivity index (χ1v) is 10.6. The molecule has 1 N–H and O–H groups in total. The van der Waals surface area contributed by atoms with Crippen molar-refractivity contribution in [3.05, 3.63) is 58.6 Å². The largest absolute Gasteiger partial charge is 0.326 e. The van der Waals surface area contributed by atoms with Crippen molar-refractivity contribution in [1.82, 2.24) is 4.90 Å². The van der Waals surface area contributed by atoms with Crippen LogP contribution in [0.3, 0.4) is 0 Å². The Hall–Kier alpha value is -1.30. The molecule has 1 unspecified atom stereocenters. The van der Waals surface area contributed by atoms with Crippen LogP contribution in [0.15, 0.2) is 57.9 Å². The highest BCUT2D eigenvalue weighted by Gasteiger charge is 2.25. The highest BCUT2D eigenvalue weighted by molar-refractivity contribution is 9.10. The van der Waals surface area contributed by atoms with Crippen LogP contribution in [0.2, 0.25) is 0 Å². The van der Waals surface area contributed by atoms with Crippen molar-refractivity contribution in [1.29, 1.82) is 0 Å². The van der Waals surface area contributed by atoms with E-state index in [1.54, 1.807) is 11.8 Å². The second kappa shape index (κ2) is 8.88. The van der Waals surface area contributed by atoms with Crippen LogP contribution in [-0.4, -0.2) is 30.2 Å². The molecule has 0 saturated carbocycles. The lowest BCUT2D eigenvalue weighted by Gasteiger charge is -2.32. The van der Waals surface area contributed by atoms with Gasteiger partial charge < -0.3 is 5.32 Å². The molecule has 0 aliphatic carbocycles. The van der Waals surface area contributed by atoms with Crippen molar-refractivity contribution in [2.75, 3.05) is 24.7 Å². The van der Waals surface area contributed by atoms with Crippen LogP contribution in [0.4, 0.5) is 5.69 Å². The zero-order chi connectivity index (χ0) is 17.6. The number of piperidine rings is 1. The molecule has 1 aliphatic rings. The second-order valence-corrected chi connectivity index (χ2v) is 8.22. The molecule has 0 spiro atoms. The van der Waals surface area contributed by atoms with Crippen molar-refractivity contribution < 1.29 is 4.79 Å². The van der Waals surface area contributed by atoms with Crippen LogP contribution in [0, 0.1) is 5.92 Å². The van der Waals surface area contributed by atoms with E-state index in [1.165, 1.54) is 10.5 Å². The average molecular weight is 419 g/mol. The minimum absolute atomic E-state index is 0.0575. The maximum atomic E-state index is 12.7. The Morgan fingerprint density at radius 2 is 2.08 bits per heavy atom. The van der Waals surface area contributed by atoms with Gasteiger partial charge in [-0.3, -0.25) is 9.69 Å². The summed E-state index contributed by atoms with van der Waals surface area (Å²) >= 11 is 5.16. The fourth-order valence-corrected chi connectivity index (χ4v) is 3.93. The third-order valence-corrected chi connectivity index (χ3v) is 5.79. The van der Waals surface area contributed by atoms with Gasteiger partial charge in [0.15, 0.2) is 0 Å². The molecule has 1 atom stereocenters. The Balaban J connectivity index is 1.58. The monoisotopic (exact) mass is 418 g/mol. The smallest absolute Gasteiger partial charge is 0.228 e. The van der Waals surface area contributed by atoms with Gasteiger partial charge in [-0.05, 0) is 61.5 Å². The van der Waals surface area contributed by atoms with E-state index < -0.39 is 0 Å². The van der Waals surface area contributed by atoms with Gasteiger partial charge in [-0.15, -0.1) is 11.8 Å². The first-order chi connectivity index (χ1) is 12.1. The highest BCUT2D eigenvalue weighted by Crippen LogP contribution is 2.23. The minimum Gasteiger partial charge on any atom is -0.326 e. The van der Waals surface area contributed by atoms with E-state index in [4.69, 9.17) is 0 Å². The standard InChI is InChI=1S/C20H23BrN2OS/c1-25-19-6-2-5-18(12-19)22-20(24)16-4-3-11-23(14-16)13-15-7-9-17(21)10-8-15/h2,5-10,12,16H,3-4,11,13-14H2,1H3,(H,22,24). The van der Waals surface area contributed by atoms with Crippen LogP contribution < -0.4 is 5.32 Å². The Bertz CT molecular complexity index is 720. The predicted molar refractivity (Wildman–Crippen MR) is 109 cm³/mol. The Morgan fingerprint density at radius 3 is 2.84 bits per heavy atom. The van der Waals surface area contributed by atoms with Crippen LogP contribution in [0.5, 0.6) is 0 Å². The van der Waals surface area contributed by atoms with Gasteiger partial charge in [0.1, 0.15) is 0 Å². The average Bonchev–Trinajstić information content (AvgIpc) is 2.64. The quantitative estimate of drug-likeness (QED) is 0.691. The molecule has 1 saturated heterocycles. The number of rotatable bonds is 5. The minimum atomic E-state index is 0.0575. The number of hydrogen-bond acceptors (Lipinski definition) is 3. The summed E-state index contributed by atoms with van der Waals surface area (Å²) in [5.41, 5.74) is 2.18. The van der Waals surface area contributed by atoms with Gasteiger partial charge in [-0.25, -0.2) is 0 Å². The normalized spacial score (nSPS) is 18.1. The summed E-state index contributed by atoms with van der Waals surface area (Å²) in [7, 11) is 0. The van der Waals surface area contributed by atoms with Gasteiger partial charge in [0.05, 0.1) is 5.92 Å². The highest BCUT2D eigenvalue weighted by atomic mass is 79.9. The van der Waals surface area contributed by atoms with E-state index in [2.05, 4.69) is 56.5 Å². The number of carbonyl (C=O) groups is 1. The van der Waals surface area contributed by atoms with Crippen molar-refractivity contribution in [3.63, 3.8) is 0 Å². The number of nitrogens with one attached hydrogen (secondary N) is 1. The van der Waals surface area contributed by atoms with E-state index in [0.29, 0.717) is 0 Å². The van der Waals surface area contributed by atoms with Gasteiger partial charge in [0.25, 0.3) is 0 Å². The summed E-state index contributed by atoms with van der Waals surface area (Å²) in [6.07, 6.45) is 4.08. The number of carbonyl (C=O) groups excluding carboxylic acids is 1. The first-order valence-electron chi connectivity index (χ1n) is 8.56. The lowest BCUT2D eigenvalue weighted by molar-refractivity contribution is -0.121. The molecule has 1 fully saturated rings. The maximum absolute atomic E-state index is 12.7. The van der Waals surface area contributed by atoms with Gasteiger partial charge in [0, 0.05) is 28.1 Å². The fraction of sp³-hybridized carbons (Fsp3) is 0.350. The number of nitrogens with zero attached hydrogens (tertiary/aromatic N) is 1. The summed E-state index contributed by atoms with van der Waals surface area (Å²) in [5, 5.41) is 3.09. The molecule has 5 heteroatoms. The number of halogens is 1. The number of amides is 1. The molecular formula is C20H23BrN2OS. The predicted octanol–water partition coefficient (Wildman–Crippen LogP) is 5.02. The van der Waals surface area contributed by atoms with Gasteiger partial charge in [-0.2, -0.15) is 0 Å². The molecule has 3 nitrogen and oxygen atoms in total. The van der Waals surface area contributed by atoms with E-state index in [9.17, 15) is 4.79 Å². The zero-order valence-electron chi connectivity index (χ0n) is 14.4. The topological polar surface area (TPSA) is 32.3 Å². The molecule has 3 rings (SSSR count). The summed E-state index contributed by atoms with van der Waals surface area (Å²) in [5.74, 6) is 0.195. The lowest BCUT2D eigenvalue weighted by Crippen LogP contribution is -2.40. The molecule has 1 aliphatic heterocycles. The second-order valence-electron chi connectivity index (χ2n) is 6.42. The van der Waals surface area contributed by atoms with Crippen LogP contribution >= 0.6 is 27.7 Å². The van der Waals surface area contributed by atoms with Gasteiger partial charge in [-0.1, -0.05) is 34.1 Å². The molecule has 0 radical (unpaired) electrons. The third-order valence-electron chi connectivity index (χ3n) is 4.53. The summed E-state index contributed by atoms with van der Waals surface area (Å²) < 4.78 is 1.10. The van der Waals surface area contributed by atoms with Crippen LogP contribution in [0.25, 0.3) is 0 Å². The van der Waals surface area contributed by atoms with Crippen molar-refractivity contribution >= 4 is 39.3 Å². The van der Waals surface area contributed by atoms with E-state index in [-0.39, 0.29) is 11.8 Å². The molecule has 0 aromatic heterocycles. The van der Waals surface area contributed by atoms with Gasteiger partial charge >= 0.3 is 0 Å². The third kappa shape index (κ3) is 5.33. The number of likely N-dealkylation sites (tertiary alicyclic amines) is 1. The molecule has 1 amide bonds. The number of benzene rings is 2. The summed E-state index contributed by atoms with van der Waals surface area (Å²) in [4.78, 5) is 16.2. The molecule has 2 aromatic carbocycles. The van der Waals surface area contributed by atoms with E-state index in [1.807, 2.05) is 24.5 Å². The Kier molecular flexibility index (Phi) is 6.57. The molecule has 25 heavy (non-hydrogen) atoms. The number of thioether (sulfide) groups is 1. The van der Waals surface area contributed by atoms with Crippen LogP contribution in [0.1, 0.15) is 18.4 Å². The number of hydrogen-bond donors (Lipinski definition) is 1. The molecule has 1 heterocycles. The molecule has 2 aromatic rings. The van der Waals surface area contributed by atoms with E-state index in [0.717, 1.165) is 42.6 Å². The fourth-order valence-electron chi connectivity index (χ4n) is 3.21. The lowest BCUT2D eigenvalue weighted by atomic mass is 9.96. The Labute approximate surface area is 162 Å². The van der Waals surface area contributed by atoms with Crippen molar-refractivity contribution in [3.8, 4) is 0 Å². The number of anilines is 1. The molecular weight excluding hydrogens is 396 g/mol. The SMILES string of the molecule is CSc1cccc(NC(=O)C2CCCN(Cc3ccc(Br)cc3)C2)c1. The summed E-state index contributed by atoms with van der Waals surface area (Å²) in [6.45, 7) is 2.78. The molecule has 132 valence electrons. The van der Waals surface area contributed by atoms with Crippen molar-refractivity contribution in [2.24, 2.45) is 5.92 Å². The maximum Gasteiger partial charge on any atom is 0.228 e. The summed E-state index contributed by atoms with van der Waals surface area (Å²) in [6, 6.07) is 16.5. The Morgan fingerprint density at radius 1 is 1.28 bits per heavy atom.